The van der Waals surface area contributed by atoms with Crippen LogP contribution in [-0.4, -0.2) is 25.4 Å². The van der Waals surface area contributed by atoms with E-state index in [-0.39, 0.29) is 5.82 Å². The van der Waals surface area contributed by atoms with E-state index in [1.165, 1.54) is 0 Å². The van der Waals surface area contributed by atoms with Crippen molar-refractivity contribution < 1.29 is 9.90 Å². The van der Waals surface area contributed by atoms with Crippen molar-refractivity contribution in [1.82, 2.24) is 14.4 Å². The van der Waals surface area contributed by atoms with Gasteiger partial charge in [0.15, 0.2) is 0 Å². The summed E-state index contributed by atoms with van der Waals surface area (Å²) in [6.07, 6.45) is 5.02. The Balaban J connectivity index is 2.34. The maximum absolute atomic E-state index is 11.2. The number of carboxylic acid groups (broad SMARTS) is 1. The molecule has 0 atom stereocenters. The number of aromatic carboxylic acids is 1. The van der Waals surface area contributed by atoms with Gasteiger partial charge in [0.05, 0.1) is 11.2 Å². The van der Waals surface area contributed by atoms with E-state index in [4.69, 9.17) is 5.11 Å². The molecule has 0 aliphatic carbocycles. The number of hydrogen-bond donors (Lipinski definition) is 1. The molecule has 3 aromatic rings. The summed E-state index contributed by atoms with van der Waals surface area (Å²) in [7, 11) is 0. The minimum Gasteiger partial charge on any atom is -0.475 e. The zero-order valence-corrected chi connectivity index (χ0v) is 9.32. The molecular formula is C13H9N3O2. The van der Waals surface area contributed by atoms with Crippen molar-refractivity contribution in [3.05, 3.63) is 54.7 Å². The van der Waals surface area contributed by atoms with E-state index >= 15 is 0 Å². The first-order valence-corrected chi connectivity index (χ1v) is 5.38. The van der Waals surface area contributed by atoms with Gasteiger partial charge in [-0.25, -0.2) is 9.78 Å². The molecule has 5 heteroatoms. The Labute approximate surface area is 102 Å². The monoisotopic (exact) mass is 239 g/mol. The van der Waals surface area contributed by atoms with Gasteiger partial charge < -0.3 is 5.11 Å². The van der Waals surface area contributed by atoms with E-state index in [2.05, 4.69) is 9.97 Å². The number of carbonyl (C=O) groups is 1. The minimum absolute atomic E-state index is 0.00412. The first kappa shape index (κ1) is 10.5. The molecule has 0 amide bonds. The Hall–Kier alpha value is -2.69. The van der Waals surface area contributed by atoms with Crippen molar-refractivity contribution in [3.8, 4) is 11.3 Å². The SMILES string of the molecule is O=C(O)c1nc(-c2cccnc2)c2ccccn12. The average Bonchev–Trinajstić information content (AvgIpc) is 2.79. The number of pyridine rings is 2. The molecule has 3 heterocycles. The molecule has 0 aromatic carbocycles. The third-order valence-corrected chi connectivity index (χ3v) is 2.67. The summed E-state index contributed by atoms with van der Waals surface area (Å²) < 4.78 is 1.56. The quantitative estimate of drug-likeness (QED) is 0.743. The van der Waals surface area contributed by atoms with Crippen LogP contribution in [0.25, 0.3) is 16.8 Å². The summed E-state index contributed by atoms with van der Waals surface area (Å²) in [4.78, 5) is 19.4. The van der Waals surface area contributed by atoms with Crippen LogP contribution >= 0.6 is 0 Å². The molecule has 0 saturated heterocycles. The largest absolute Gasteiger partial charge is 0.475 e. The van der Waals surface area contributed by atoms with Crippen LogP contribution in [0.1, 0.15) is 10.6 Å². The molecule has 0 spiro atoms. The van der Waals surface area contributed by atoms with Crippen LogP contribution in [0.3, 0.4) is 0 Å². The van der Waals surface area contributed by atoms with E-state index in [1.807, 2.05) is 18.2 Å². The van der Waals surface area contributed by atoms with Gasteiger partial charge in [-0.05, 0) is 24.3 Å². The number of carboxylic acids is 1. The van der Waals surface area contributed by atoms with Crippen LogP contribution in [0.2, 0.25) is 0 Å². The Morgan fingerprint density at radius 2 is 2.11 bits per heavy atom. The van der Waals surface area contributed by atoms with Gasteiger partial charge in [0, 0.05) is 24.2 Å². The fourth-order valence-electron chi connectivity index (χ4n) is 1.90. The van der Waals surface area contributed by atoms with Crippen LogP contribution in [0.15, 0.2) is 48.9 Å². The van der Waals surface area contributed by atoms with Crippen molar-refractivity contribution >= 4 is 11.5 Å². The highest BCUT2D eigenvalue weighted by atomic mass is 16.4. The highest BCUT2D eigenvalue weighted by molar-refractivity contribution is 5.89. The standard InChI is InChI=1S/C13H9N3O2/c17-13(18)12-15-11(9-4-3-6-14-8-9)10-5-1-2-7-16(10)12/h1-8H,(H,17,18). The van der Waals surface area contributed by atoms with Gasteiger partial charge >= 0.3 is 5.97 Å². The van der Waals surface area contributed by atoms with E-state index in [9.17, 15) is 4.79 Å². The fraction of sp³-hybridized carbons (Fsp3) is 0. The summed E-state index contributed by atoms with van der Waals surface area (Å²) in [5, 5.41) is 9.14. The zero-order valence-electron chi connectivity index (χ0n) is 9.32. The predicted octanol–water partition coefficient (Wildman–Crippen LogP) is 2.09. The maximum Gasteiger partial charge on any atom is 0.372 e. The number of imidazole rings is 1. The molecule has 88 valence electrons. The molecule has 3 aromatic heterocycles. The normalized spacial score (nSPS) is 10.7. The summed E-state index contributed by atoms with van der Waals surface area (Å²) in [5.74, 6) is -1.05. The topological polar surface area (TPSA) is 67.5 Å². The van der Waals surface area contributed by atoms with Crippen molar-refractivity contribution in [2.75, 3.05) is 0 Å². The van der Waals surface area contributed by atoms with E-state index in [0.29, 0.717) is 5.69 Å². The molecule has 0 aliphatic rings. The molecule has 3 rings (SSSR count). The van der Waals surface area contributed by atoms with Crippen LogP contribution in [0.4, 0.5) is 0 Å². The number of hydrogen-bond acceptors (Lipinski definition) is 3. The average molecular weight is 239 g/mol. The summed E-state index contributed by atoms with van der Waals surface area (Å²) in [6, 6.07) is 9.11. The Morgan fingerprint density at radius 3 is 2.83 bits per heavy atom. The van der Waals surface area contributed by atoms with Gasteiger partial charge in [0.2, 0.25) is 5.82 Å². The minimum atomic E-state index is -1.05. The van der Waals surface area contributed by atoms with Crippen LogP contribution in [-0.2, 0) is 0 Å². The summed E-state index contributed by atoms with van der Waals surface area (Å²) in [6.45, 7) is 0. The smallest absolute Gasteiger partial charge is 0.372 e. The molecule has 0 bridgehead atoms. The first-order valence-electron chi connectivity index (χ1n) is 5.38. The van der Waals surface area contributed by atoms with Crippen molar-refractivity contribution in [3.63, 3.8) is 0 Å². The summed E-state index contributed by atoms with van der Waals surface area (Å²) >= 11 is 0. The van der Waals surface area contributed by atoms with Crippen LogP contribution in [0.5, 0.6) is 0 Å². The lowest BCUT2D eigenvalue weighted by Crippen LogP contribution is -2.02. The second-order valence-corrected chi connectivity index (χ2v) is 3.79. The van der Waals surface area contributed by atoms with Crippen molar-refractivity contribution in [2.24, 2.45) is 0 Å². The van der Waals surface area contributed by atoms with Gasteiger partial charge in [-0.2, -0.15) is 0 Å². The molecule has 5 nitrogen and oxygen atoms in total. The second-order valence-electron chi connectivity index (χ2n) is 3.79. The van der Waals surface area contributed by atoms with Crippen LogP contribution < -0.4 is 0 Å². The molecular weight excluding hydrogens is 230 g/mol. The second kappa shape index (κ2) is 3.96. The maximum atomic E-state index is 11.2. The molecule has 0 fully saturated rings. The zero-order chi connectivity index (χ0) is 12.5. The van der Waals surface area contributed by atoms with E-state index < -0.39 is 5.97 Å². The van der Waals surface area contributed by atoms with Gasteiger partial charge in [-0.15, -0.1) is 0 Å². The van der Waals surface area contributed by atoms with Gasteiger partial charge in [-0.1, -0.05) is 6.07 Å². The van der Waals surface area contributed by atoms with E-state index in [1.54, 1.807) is 35.1 Å². The van der Waals surface area contributed by atoms with E-state index in [0.717, 1.165) is 11.1 Å². The Morgan fingerprint density at radius 1 is 1.22 bits per heavy atom. The molecule has 1 N–H and O–H groups in total. The summed E-state index contributed by atoms with van der Waals surface area (Å²) in [5.41, 5.74) is 2.18. The number of aromatic nitrogens is 3. The highest BCUT2D eigenvalue weighted by Crippen LogP contribution is 2.23. The third kappa shape index (κ3) is 1.53. The van der Waals surface area contributed by atoms with Crippen molar-refractivity contribution in [2.45, 2.75) is 0 Å². The van der Waals surface area contributed by atoms with Gasteiger partial charge in [0.1, 0.15) is 0 Å². The number of fused-ring (bicyclic) bond motifs is 1. The lowest BCUT2D eigenvalue weighted by Gasteiger charge is -1.97. The molecule has 0 aliphatic heterocycles. The fourth-order valence-corrected chi connectivity index (χ4v) is 1.90. The van der Waals surface area contributed by atoms with Crippen molar-refractivity contribution in [1.29, 1.82) is 0 Å². The highest BCUT2D eigenvalue weighted by Gasteiger charge is 2.16. The number of rotatable bonds is 2. The Kier molecular flexibility index (Phi) is 2.30. The molecule has 0 radical (unpaired) electrons. The van der Waals surface area contributed by atoms with Crippen LogP contribution in [0, 0.1) is 0 Å². The van der Waals surface area contributed by atoms with Gasteiger partial charge in [-0.3, -0.25) is 9.38 Å². The number of nitrogens with zero attached hydrogens (tertiary/aromatic N) is 3. The van der Waals surface area contributed by atoms with Gasteiger partial charge in [0.25, 0.3) is 0 Å². The molecule has 18 heavy (non-hydrogen) atoms. The molecule has 0 saturated carbocycles. The lowest BCUT2D eigenvalue weighted by molar-refractivity contribution is 0.0683. The first-order chi connectivity index (χ1) is 8.77. The Bertz CT molecular complexity index is 719. The third-order valence-electron chi connectivity index (χ3n) is 2.67. The predicted molar refractivity (Wildman–Crippen MR) is 65.4 cm³/mol. The molecule has 0 unspecified atom stereocenters. The lowest BCUT2D eigenvalue weighted by atomic mass is 10.2.